The minimum absolute atomic E-state index is 0. The largest absolute Gasteiger partial charge is 4.00 e. The van der Waals surface area contributed by atoms with Gasteiger partial charge in [-0.3, -0.25) is 25.2 Å². The topological polar surface area (TPSA) is 149 Å². The summed E-state index contributed by atoms with van der Waals surface area (Å²) in [5.41, 5.74) is 9.27. The van der Waals surface area contributed by atoms with Gasteiger partial charge < -0.3 is 39.3 Å². The Bertz CT molecular complexity index is 709. The molecule has 1 aromatic heterocycles. The number of nitrogens with one attached hydrogen (secondary N) is 1. The van der Waals surface area contributed by atoms with Crippen LogP contribution in [0, 0.1) is 0 Å². The van der Waals surface area contributed by atoms with E-state index in [9.17, 15) is 4.79 Å². The Morgan fingerprint density at radius 1 is 1.09 bits per heavy atom. The minimum Gasteiger partial charge on any atom is -0.665 e. The summed E-state index contributed by atoms with van der Waals surface area (Å²) in [4.78, 5) is 38.0. The van der Waals surface area contributed by atoms with Gasteiger partial charge in [0.15, 0.2) is 0 Å². The molecule has 0 aliphatic heterocycles. The normalized spacial score (nSPS) is 9.81. The number of aryl methyl sites for hydroxylation is 1. The fraction of sp³-hybridized carbons (Fsp3) is 0.381. The summed E-state index contributed by atoms with van der Waals surface area (Å²) in [5.74, 6) is -0.300. The van der Waals surface area contributed by atoms with E-state index in [1.54, 1.807) is 12.5 Å². The molecule has 2 N–H and O–H groups in total. The van der Waals surface area contributed by atoms with Gasteiger partial charge in [0.25, 0.3) is 5.97 Å². The summed E-state index contributed by atoms with van der Waals surface area (Å²) in [7, 11) is 0. The number of carboxylic acids is 1. The molecule has 0 spiro atoms. The van der Waals surface area contributed by atoms with E-state index in [0.717, 1.165) is 12.2 Å². The molecular formula is C21H27N3O7Tc. The van der Waals surface area contributed by atoms with Crippen LogP contribution in [0.4, 0.5) is 0 Å². The molecule has 0 saturated heterocycles. The Kier molecular flexibility index (Phi) is 24.3. The summed E-state index contributed by atoms with van der Waals surface area (Å²) in [5, 5.41) is 8.73. The number of benzene rings is 1. The molecule has 10 nitrogen and oxygen atoms in total. The number of imidazole rings is 1. The summed E-state index contributed by atoms with van der Waals surface area (Å²) in [6, 6.07) is 6.85. The number of aromatic nitrogens is 2. The molecule has 1 atom stereocenters. The third kappa shape index (κ3) is 15.1. The van der Waals surface area contributed by atoms with Crippen molar-refractivity contribution in [1.82, 2.24) is 9.55 Å². The first kappa shape index (κ1) is 33.9. The van der Waals surface area contributed by atoms with Crippen LogP contribution in [0.1, 0.15) is 18.2 Å². The van der Waals surface area contributed by atoms with Gasteiger partial charge in [-0.25, -0.2) is 4.98 Å². The van der Waals surface area contributed by atoms with E-state index in [0.29, 0.717) is 32.1 Å². The quantitative estimate of drug-likeness (QED) is 0.262. The minimum atomic E-state index is -1.18. The van der Waals surface area contributed by atoms with Gasteiger partial charge in [-0.2, -0.15) is 0 Å². The Morgan fingerprint density at radius 3 is 2.22 bits per heavy atom. The predicted octanol–water partition coefficient (Wildman–Crippen LogP) is 1.76. The summed E-state index contributed by atoms with van der Waals surface area (Å²) < 4.78 is 13.0. The fourth-order valence-electron chi connectivity index (χ4n) is 2.24. The summed E-state index contributed by atoms with van der Waals surface area (Å²) in [6.07, 6.45) is 4.49. The first-order valence-electron chi connectivity index (χ1n) is 9.03. The Balaban J connectivity index is -0.00000111. The standard InChI is InChI=1S/C18H24N3O4.3CHO.Tc/c1-2-14-3-5-16(6-4-14)25-10-9-24-8-7-21-12-15(20-13-21)11-17(19)18(22)23;3*1-2;/h3-6,12-13,17,19H,2,7-11H2,1H3,(H,22,23);3*1H;/q4*-1;+4. The van der Waals surface area contributed by atoms with Crippen molar-refractivity contribution in [2.45, 2.75) is 32.4 Å². The van der Waals surface area contributed by atoms with Crippen LogP contribution in [-0.4, -0.2) is 66.9 Å². The van der Waals surface area contributed by atoms with Crippen molar-refractivity contribution < 1.29 is 53.9 Å². The molecule has 175 valence electrons. The van der Waals surface area contributed by atoms with Crippen LogP contribution in [0.15, 0.2) is 36.8 Å². The molecule has 2 rings (SSSR count). The van der Waals surface area contributed by atoms with Crippen LogP contribution in [0.3, 0.4) is 0 Å². The van der Waals surface area contributed by atoms with E-state index in [-0.39, 0.29) is 26.5 Å². The van der Waals surface area contributed by atoms with Gasteiger partial charge in [0.2, 0.25) is 0 Å². The number of aliphatic carboxylic acids is 1. The molecule has 0 fully saturated rings. The first-order chi connectivity index (χ1) is 15.1. The maximum absolute atomic E-state index is 10.7. The van der Waals surface area contributed by atoms with E-state index in [1.807, 2.05) is 16.7 Å². The molecule has 1 unspecified atom stereocenters. The first-order valence-corrected chi connectivity index (χ1v) is 9.03. The Labute approximate surface area is 201 Å². The van der Waals surface area contributed by atoms with E-state index < -0.39 is 12.0 Å². The Morgan fingerprint density at radius 2 is 1.69 bits per heavy atom. The molecule has 0 aliphatic rings. The molecule has 32 heavy (non-hydrogen) atoms. The monoisotopic (exact) mass is 530 g/mol. The fourth-order valence-corrected chi connectivity index (χ4v) is 2.24. The number of rotatable bonds is 11. The van der Waals surface area contributed by atoms with Crippen LogP contribution >= 0.6 is 0 Å². The van der Waals surface area contributed by atoms with Gasteiger partial charge in [0.1, 0.15) is 12.4 Å². The van der Waals surface area contributed by atoms with Crippen molar-refractivity contribution in [3.63, 3.8) is 0 Å². The van der Waals surface area contributed by atoms with Gasteiger partial charge in [0.05, 0.1) is 25.2 Å². The van der Waals surface area contributed by atoms with Crippen LogP contribution in [0.2, 0.25) is 0 Å². The number of hydrogen-bond donors (Lipinski definition) is 1. The van der Waals surface area contributed by atoms with E-state index in [4.69, 9.17) is 34.7 Å². The van der Waals surface area contributed by atoms with Crippen molar-refractivity contribution in [1.29, 1.82) is 0 Å². The maximum Gasteiger partial charge on any atom is 4.00 e. The van der Waals surface area contributed by atoms with Crippen LogP contribution in [0.5, 0.6) is 5.75 Å². The number of carbonyl (C=O) groups excluding carboxylic acids is 3. The molecule has 1 aromatic carbocycles. The maximum atomic E-state index is 10.7. The number of carboxylic acid groups (broad SMARTS) is 1. The van der Waals surface area contributed by atoms with Gasteiger partial charge in [-0.1, -0.05) is 19.1 Å². The van der Waals surface area contributed by atoms with Crippen molar-refractivity contribution >= 4 is 26.3 Å². The average molecular weight is 531 g/mol. The van der Waals surface area contributed by atoms with Crippen LogP contribution in [0.25, 0.3) is 5.73 Å². The number of nitrogens with zero attached hydrogens (tertiary/aromatic N) is 2. The van der Waals surface area contributed by atoms with Gasteiger partial charge in [0, 0.05) is 12.7 Å². The van der Waals surface area contributed by atoms with Crippen molar-refractivity contribution in [2.24, 2.45) is 0 Å². The molecule has 0 bridgehead atoms. The van der Waals surface area contributed by atoms with Crippen LogP contribution < -0.4 is 4.74 Å². The van der Waals surface area contributed by atoms with Crippen molar-refractivity contribution in [3.8, 4) is 5.75 Å². The second-order valence-corrected chi connectivity index (χ2v) is 5.66. The SMILES string of the molecule is CCc1ccc(OCCOCCn2cnc(CC([NH-])C(=O)O)c2)cc1.[CH-]=O.[CH-]=O.[CH-]=O.[Tc+4]. The summed E-state index contributed by atoms with van der Waals surface area (Å²) >= 11 is 0. The molecule has 1 radical (unpaired) electrons. The van der Waals surface area contributed by atoms with Crippen LogP contribution in [-0.2, 0) is 63.4 Å². The number of hydrogen-bond acceptors (Lipinski definition) is 7. The number of carbonyl (C=O) groups is 1. The van der Waals surface area contributed by atoms with Crippen molar-refractivity contribution in [3.05, 3.63) is 53.8 Å². The molecular weight excluding hydrogens is 504 g/mol. The molecule has 2 aromatic rings. The second-order valence-electron chi connectivity index (χ2n) is 5.66. The average Bonchev–Trinajstić information content (AvgIpc) is 3.27. The van der Waals surface area contributed by atoms with E-state index in [1.165, 1.54) is 5.56 Å². The van der Waals surface area contributed by atoms with Crippen molar-refractivity contribution in [2.75, 3.05) is 19.8 Å². The zero-order valence-electron chi connectivity index (χ0n) is 17.7. The van der Waals surface area contributed by atoms with Gasteiger partial charge >= 0.3 is 20.1 Å². The molecule has 0 aliphatic carbocycles. The number of ether oxygens (including phenoxy) is 2. The third-order valence-corrected chi connectivity index (χ3v) is 3.72. The third-order valence-electron chi connectivity index (χ3n) is 3.72. The zero-order chi connectivity index (χ0) is 24.1. The van der Waals surface area contributed by atoms with Gasteiger partial charge in [-0.05, 0) is 36.6 Å². The zero-order valence-corrected chi connectivity index (χ0v) is 19.5. The van der Waals surface area contributed by atoms with E-state index in [2.05, 4.69) is 44.4 Å². The van der Waals surface area contributed by atoms with Gasteiger partial charge in [-0.15, -0.1) is 0 Å². The Hall–Kier alpha value is -2.72. The summed E-state index contributed by atoms with van der Waals surface area (Å²) in [6.45, 7) is 14.0. The van der Waals surface area contributed by atoms with E-state index >= 15 is 0 Å². The second kappa shape index (κ2) is 23.0. The molecule has 0 amide bonds. The molecule has 11 heteroatoms. The molecule has 0 saturated carbocycles. The predicted molar refractivity (Wildman–Crippen MR) is 114 cm³/mol. The molecule has 1 heterocycles. The smallest absolute Gasteiger partial charge is 0.665 e.